The summed E-state index contributed by atoms with van der Waals surface area (Å²) in [5.74, 6) is -0.0169. The van der Waals surface area contributed by atoms with Crippen molar-refractivity contribution in [3.8, 4) is 17.2 Å². The molecule has 0 aliphatic rings. The van der Waals surface area contributed by atoms with Crippen molar-refractivity contribution in [1.82, 2.24) is 0 Å². The molecule has 0 aromatic heterocycles. The summed E-state index contributed by atoms with van der Waals surface area (Å²) in [5.41, 5.74) is 0. The molecule has 0 aliphatic carbocycles. The molecule has 3 rings (SSSR count). The van der Waals surface area contributed by atoms with Gasteiger partial charge in [-0.05, 0) is 0 Å². The van der Waals surface area contributed by atoms with Gasteiger partial charge < -0.3 is 0 Å². The number of hydrogen-bond donors (Lipinski definition) is 0. The van der Waals surface area contributed by atoms with Crippen molar-refractivity contribution < 1.29 is 29.4 Å². The van der Waals surface area contributed by atoms with Gasteiger partial charge >= 0.3 is 196 Å². The van der Waals surface area contributed by atoms with Gasteiger partial charge in [0.1, 0.15) is 0 Å². The van der Waals surface area contributed by atoms with Crippen LogP contribution in [0.3, 0.4) is 0 Å². The van der Waals surface area contributed by atoms with Crippen molar-refractivity contribution in [2.45, 2.75) is 13.8 Å². The molecule has 0 spiro atoms. The third-order valence-electron chi connectivity index (χ3n) is 5.17. The van der Waals surface area contributed by atoms with E-state index in [0.29, 0.717) is 27.1 Å². The third kappa shape index (κ3) is 4.04. The van der Waals surface area contributed by atoms with Crippen LogP contribution in [0, 0.1) is 0 Å². The van der Waals surface area contributed by atoms with Gasteiger partial charge in [-0.25, -0.2) is 0 Å². The van der Waals surface area contributed by atoms with Crippen LogP contribution in [0.1, 0.15) is 13.8 Å². The Morgan fingerprint density at radius 1 is 0.545 bits per heavy atom. The van der Waals surface area contributed by atoms with Crippen LogP contribution < -0.4 is 24.0 Å². The van der Waals surface area contributed by atoms with Gasteiger partial charge in [-0.2, -0.15) is 0 Å². The first-order valence-electron chi connectivity index (χ1n) is 10.2. The average Bonchev–Trinajstić information content (AvgIpc) is 2.83. The van der Waals surface area contributed by atoms with Crippen molar-refractivity contribution in [3.05, 3.63) is 72.8 Å². The Labute approximate surface area is 195 Å². The molecule has 33 heavy (non-hydrogen) atoms. The van der Waals surface area contributed by atoms with Crippen LogP contribution in [0.4, 0.5) is 0 Å². The summed E-state index contributed by atoms with van der Waals surface area (Å²) < 4.78 is 31.4. The minimum atomic E-state index is -6.30. The molecule has 0 radical (unpaired) electrons. The zero-order chi connectivity index (χ0) is 24.1. The fraction of sp³-hybridized carbons (Fsp3) is 0.200. The number of ether oxygens (including phenoxy) is 3. The summed E-state index contributed by atoms with van der Waals surface area (Å²) in [4.78, 5) is 25.8. The molecule has 0 saturated heterocycles. The van der Waals surface area contributed by atoms with Crippen molar-refractivity contribution in [3.63, 3.8) is 0 Å². The topological polar surface area (TPSA) is 80.3 Å². The number of carbonyl (C=O) groups is 2. The Hall–Kier alpha value is -3.12. The van der Waals surface area contributed by atoms with Crippen LogP contribution in [0.5, 0.6) is 17.2 Å². The molecule has 7 nitrogen and oxygen atoms in total. The Morgan fingerprint density at radius 3 is 1.06 bits per heavy atom. The summed E-state index contributed by atoms with van der Waals surface area (Å²) in [6.07, 6.45) is 0. The summed E-state index contributed by atoms with van der Waals surface area (Å²) in [6.45, 7) is 2.58. The van der Waals surface area contributed by atoms with E-state index in [1.807, 2.05) is 0 Å². The molecule has 0 saturated carbocycles. The molecule has 0 N–H and O–H groups in total. The van der Waals surface area contributed by atoms with Crippen molar-refractivity contribution in [1.29, 1.82) is 0 Å². The third-order valence-corrected chi connectivity index (χ3v) is 24.4. The quantitative estimate of drug-likeness (QED) is 0.347. The van der Waals surface area contributed by atoms with Gasteiger partial charge in [-0.15, -0.1) is 0 Å². The number of carbonyl (C=O) groups excluding carboxylic acids is 2. The molecule has 174 valence electrons. The summed E-state index contributed by atoms with van der Waals surface area (Å²) in [7, 11) is 4.53. The second-order valence-electron chi connectivity index (χ2n) is 7.14. The molecule has 0 unspecified atom stereocenters. The molecule has 0 amide bonds. The van der Waals surface area contributed by atoms with E-state index in [-0.39, 0.29) is 0 Å². The van der Waals surface area contributed by atoms with Gasteiger partial charge in [0.25, 0.3) is 0 Å². The maximum atomic E-state index is 12.9. The molecule has 0 aliphatic heterocycles. The predicted molar refractivity (Wildman–Crippen MR) is 127 cm³/mol. The van der Waals surface area contributed by atoms with E-state index in [4.69, 9.17) is 19.8 Å². The number of para-hydroxylation sites is 3. The van der Waals surface area contributed by atoms with Crippen molar-refractivity contribution >= 4 is 41.4 Å². The Kier molecular flexibility index (Phi) is 7.28. The Morgan fingerprint density at radius 2 is 0.818 bits per heavy atom. The van der Waals surface area contributed by atoms with E-state index in [9.17, 15) is 9.59 Å². The second kappa shape index (κ2) is 9.79. The Balaban J connectivity index is 2.76. The average molecular weight is 648 g/mol. The first-order valence-corrected chi connectivity index (χ1v) is 18.2. The van der Waals surface area contributed by atoms with Crippen LogP contribution in [-0.4, -0.2) is 52.9 Å². The van der Waals surface area contributed by atoms with E-state index in [0.717, 1.165) is 0 Å². The molecule has 3 aromatic carbocycles. The molecule has 0 bridgehead atoms. The number of rotatable bonds is 8. The van der Waals surface area contributed by atoms with Gasteiger partial charge in [0.05, 0.1) is 0 Å². The molecular formula is C25H27BiO7. The van der Waals surface area contributed by atoms with Crippen LogP contribution in [0.25, 0.3) is 0 Å². The number of methoxy groups -OCH3 is 3. The van der Waals surface area contributed by atoms with Gasteiger partial charge in [-0.1, -0.05) is 0 Å². The van der Waals surface area contributed by atoms with Crippen molar-refractivity contribution in [2.24, 2.45) is 0 Å². The van der Waals surface area contributed by atoms with E-state index in [1.54, 1.807) is 72.8 Å². The zero-order valence-corrected chi connectivity index (χ0v) is 22.7. The molecular weight excluding hydrogens is 621 g/mol. The first-order chi connectivity index (χ1) is 15.8. The zero-order valence-electron chi connectivity index (χ0n) is 19.2. The summed E-state index contributed by atoms with van der Waals surface area (Å²) in [5, 5.41) is 0. The van der Waals surface area contributed by atoms with Crippen LogP contribution in [0.15, 0.2) is 72.8 Å². The Bertz CT molecular complexity index is 1040. The van der Waals surface area contributed by atoms with E-state index in [2.05, 4.69) is 0 Å². The normalized spacial score (nSPS) is 12.1. The summed E-state index contributed by atoms with van der Waals surface area (Å²) in [6, 6.07) is 21.2. The van der Waals surface area contributed by atoms with Crippen molar-refractivity contribution in [2.75, 3.05) is 21.3 Å². The van der Waals surface area contributed by atoms with E-state index >= 15 is 0 Å². The van der Waals surface area contributed by atoms with Crippen LogP contribution in [-0.2, 0) is 15.2 Å². The van der Waals surface area contributed by atoms with Gasteiger partial charge in [0.2, 0.25) is 0 Å². The molecule has 0 heterocycles. The van der Waals surface area contributed by atoms with Gasteiger partial charge in [0.15, 0.2) is 0 Å². The number of benzene rings is 3. The van der Waals surface area contributed by atoms with Crippen LogP contribution in [0.2, 0.25) is 0 Å². The van der Waals surface area contributed by atoms with Gasteiger partial charge in [0, 0.05) is 0 Å². The fourth-order valence-corrected chi connectivity index (χ4v) is 24.1. The van der Waals surface area contributed by atoms with E-state index < -0.39 is 31.6 Å². The summed E-state index contributed by atoms with van der Waals surface area (Å²) >= 11 is -6.30. The fourth-order valence-electron chi connectivity index (χ4n) is 4.09. The maximum absolute atomic E-state index is 12.9. The second-order valence-corrected chi connectivity index (χ2v) is 21.6. The molecule has 0 atom stereocenters. The van der Waals surface area contributed by atoms with Gasteiger partial charge in [-0.3, -0.25) is 0 Å². The molecule has 0 fully saturated rings. The standard InChI is InChI=1S/3C7H7O.2C2H4O2.Bi/c3*1-8-7-5-3-2-4-6-7;2*1-2(3)4;/h3*2-5H,1H3;2*1H3,(H,3,4);/q;;;;;+2/p-2. The number of hydrogen-bond acceptors (Lipinski definition) is 7. The van der Waals surface area contributed by atoms with E-state index in [1.165, 1.54) is 35.2 Å². The molecule has 8 heteroatoms. The predicted octanol–water partition coefficient (Wildman–Crippen LogP) is 2.26. The van der Waals surface area contributed by atoms with Crippen LogP contribution >= 0.6 is 0 Å². The monoisotopic (exact) mass is 648 g/mol. The first kappa shape index (κ1) is 24.5. The minimum absolute atomic E-state index is 0.407. The molecule has 3 aromatic rings. The SMILES string of the molecule is COc1cccc[c]1[Bi]([O]C(C)=O)([O]C(C)=O)([c]1ccccc1OC)[c]1ccccc1OC.